The molecule has 0 amide bonds. The van der Waals surface area contributed by atoms with Crippen LogP contribution in [0.2, 0.25) is 0 Å². The zero-order valence-corrected chi connectivity index (χ0v) is 10.8. The van der Waals surface area contributed by atoms with Crippen molar-refractivity contribution in [1.29, 1.82) is 0 Å². The summed E-state index contributed by atoms with van der Waals surface area (Å²) in [7, 11) is 0. The molecule has 1 rings (SSSR count). The van der Waals surface area contributed by atoms with E-state index in [4.69, 9.17) is 10.5 Å². The third kappa shape index (κ3) is 4.19. The van der Waals surface area contributed by atoms with Crippen LogP contribution in [0, 0.1) is 5.92 Å². The number of ether oxygens (including phenoxy) is 1. The summed E-state index contributed by atoms with van der Waals surface area (Å²) < 4.78 is 5.63. The molecule has 1 unspecified atom stereocenters. The number of ketones is 1. The van der Waals surface area contributed by atoms with Gasteiger partial charge in [0.1, 0.15) is 5.75 Å². The topological polar surface area (TPSA) is 52.3 Å². The van der Waals surface area contributed by atoms with Gasteiger partial charge in [0.05, 0.1) is 11.7 Å². The van der Waals surface area contributed by atoms with Crippen LogP contribution in [0.3, 0.4) is 0 Å². The van der Waals surface area contributed by atoms with Gasteiger partial charge in [-0.15, -0.1) is 0 Å². The second-order valence-electron chi connectivity index (χ2n) is 4.63. The van der Waals surface area contributed by atoms with Crippen LogP contribution in [-0.2, 0) is 0 Å². The Morgan fingerprint density at radius 2 is 1.94 bits per heavy atom. The fraction of sp³-hybridized carbons (Fsp3) is 0.500. The molecule has 0 saturated carbocycles. The van der Waals surface area contributed by atoms with Crippen molar-refractivity contribution >= 4 is 5.78 Å². The molecule has 94 valence electrons. The molecule has 0 aliphatic rings. The van der Waals surface area contributed by atoms with Crippen LogP contribution in [0.4, 0.5) is 0 Å². The van der Waals surface area contributed by atoms with E-state index in [2.05, 4.69) is 0 Å². The lowest BCUT2D eigenvalue weighted by molar-refractivity contribution is 0.0960. The van der Waals surface area contributed by atoms with Crippen molar-refractivity contribution in [3.05, 3.63) is 29.8 Å². The Bertz CT molecular complexity index is 374. The van der Waals surface area contributed by atoms with Crippen LogP contribution >= 0.6 is 0 Å². The Hall–Kier alpha value is -1.35. The van der Waals surface area contributed by atoms with Gasteiger partial charge in [-0.1, -0.05) is 19.1 Å². The van der Waals surface area contributed by atoms with E-state index in [9.17, 15) is 4.79 Å². The monoisotopic (exact) mass is 235 g/mol. The van der Waals surface area contributed by atoms with Crippen molar-refractivity contribution in [2.24, 2.45) is 11.7 Å². The van der Waals surface area contributed by atoms with Gasteiger partial charge in [0.2, 0.25) is 0 Å². The molecule has 0 heterocycles. The molecule has 0 fully saturated rings. The first-order valence-corrected chi connectivity index (χ1v) is 6.03. The van der Waals surface area contributed by atoms with Gasteiger partial charge in [-0.3, -0.25) is 4.79 Å². The van der Waals surface area contributed by atoms with E-state index in [0.717, 1.165) is 0 Å². The molecule has 17 heavy (non-hydrogen) atoms. The molecule has 0 bridgehead atoms. The smallest absolute Gasteiger partial charge is 0.166 e. The molecule has 0 radical (unpaired) electrons. The normalized spacial score (nSPS) is 12.5. The van der Waals surface area contributed by atoms with Gasteiger partial charge in [0.15, 0.2) is 5.78 Å². The summed E-state index contributed by atoms with van der Waals surface area (Å²) in [4.78, 5) is 12.1. The average molecular weight is 235 g/mol. The third-order valence-electron chi connectivity index (χ3n) is 2.49. The largest absolute Gasteiger partial charge is 0.490 e. The summed E-state index contributed by atoms with van der Waals surface area (Å²) >= 11 is 0. The van der Waals surface area contributed by atoms with Crippen molar-refractivity contribution in [3.63, 3.8) is 0 Å². The Balaban J connectivity index is 2.85. The molecule has 1 aromatic carbocycles. The van der Waals surface area contributed by atoms with Crippen LogP contribution < -0.4 is 10.5 Å². The fourth-order valence-corrected chi connectivity index (χ4v) is 1.56. The Kier molecular flexibility index (Phi) is 5.16. The highest BCUT2D eigenvalue weighted by atomic mass is 16.5. The van der Waals surface area contributed by atoms with Crippen LogP contribution in [0.5, 0.6) is 5.75 Å². The molecule has 0 spiro atoms. The van der Waals surface area contributed by atoms with Gasteiger partial charge < -0.3 is 10.5 Å². The number of hydrogen-bond acceptors (Lipinski definition) is 3. The zero-order chi connectivity index (χ0) is 12.8. The number of carbonyl (C=O) groups is 1. The standard InChI is InChI=1S/C14H21NO2/c1-10(2)17-14-7-5-4-6-12(14)13(16)8-11(3)9-15/h4-7,10-11H,8-9,15H2,1-3H3. The Labute approximate surface area is 103 Å². The fourth-order valence-electron chi connectivity index (χ4n) is 1.56. The highest BCUT2D eigenvalue weighted by Gasteiger charge is 2.15. The van der Waals surface area contributed by atoms with Crippen LogP contribution in [-0.4, -0.2) is 18.4 Å². The summed E-state index contributed by atoms with van der Waals surface area (Å²) in [5.41, 5.74) is 6.19. The summed E-state index contributed by atoms with van der Waals surface area (Å²) in [6, 6.07) is 7.37. The molecule has 1 aromatic rings. The van der Waals surface area contributed by atoms with Crippen LogP contribution in [0.25, 0.3) is 0 Å². The summed E-state index contributed by atoms with van der Waals surface area (Å²) in [6.45, 7) is 6.40. The highest BCUT2D eigenvalue weighted by molar-refractivity contribution is 5.98. The number of benzene rings is 1. The molecule has 1 atom stereocenters. The quantitative estimate of drug-likeness (QED) is 0.771. The van der Waals surface area contributed by atoms with E-state index >= 15 is 0 Å². The van der Waals surface area contributed by atoms with Crippen LogP contribution in [0.1, 0.15) is 37.6 Å². The number of para-hydroxylation sites is 1. The second-order valence-corrected chi connectivity index (χ2v) is 4.63. The van der Waals surface area contributed by atoms with E-state index in [1.54, 1.807) is 0 Å². The van der Waals surface area contributed by atoms with Crippen LogP contribution in [0.15, 0.2) is 24.3 Å². The van der Waals surface area contributed by atoms with E-state index < -0.39 is 0 Å². The molecular weight excluding hydrogens is 214 g/mol. The maximum absolute atomic E-state index is 12.1. The van der Waals surface area contributed by atoms with E-state index in [1.165, 1.54) is 0 Å². The first-order chi connectivity index (χ1) is 8.04. The minimum absolute atomic E-state index is 0.0656. The van der Waals surface area contributed by atoms with E-state index in [-0.39, 0.29) is 17.8 Å². The van der Waals surface area contributed by atoms with Crippen molar-refractivity contribution < 1.29 is 9.53 Å². The van der Waals surface area contributed by atoms with Gasteiger partial charge in [0.25, 0.3) is 0 Å². The van der Waals surface area contributed by atoms with Crippen molar-refractivity contribution in [3.8, 4) is 5.75 Å². The third-order valence-corrected chi connectivity index (χ3v) is 2.49. The summed E-state index contributed by atoms with van der Waals surface area (Å²) in [6.07, 6.45) is 0.533. The maximum Gasteiger partial charge on any atom is 0.166 e. The van der Waals surface area contributed by atoms with E-state index in [1.807, 2.05) is 45.0 Å². The number of nitrogens with two attached hydrogens (primary N) is 1. The lowest BCUT2D eigenvalue weighted by Crippen LogP contribution is -2.16. The van der Waals surface area contributed by atoms with Gasteiger partial charge in [-0.2, -0.15) is 0 Å². The average Bonchev–Trinajstić information content (AvgIpc) is 2.28. The highest BCUT2D eigenvalue weighted by Crippen LogP contribution is 2.22. The summed E-state index contributed by atoms with van der Waals surface area (Å²) in [5, 5.41) is 0. The summed E-state index contributed by atoms with van der Waals surface area (Å²) in [5.74, 6) is 0.963. The molecule has 3 nitrogen and oxygen atoms in total. The molecule has 0 saturated heterocycles. The first kappa shape index (κ1) is 13.7. The van der Waals surface area contributed by atoms with Gasteiger partial charge in [-0.25, -0.2) is 0 Å². The lowest BCUT2D eigenvalue weighted by atomic mass is 9.99. The SMILES string of the molecule is CC(CN)CC(=O)c1ccccc1OC(C)C. The lowest BCUT2D eigenvalue weighted by Gasteiger charge is -2.14. The minimum atomic E-state index is 0.0656. The molecule has 0 aliphatic heterocycles. The zero-order valence-electron chi connectivity index (χ0n) is 10.8. The van der Waals surface area contributed by atoms with Gasteiger partial charge in [-0.05, 0) is 38.4 Å². The molecule has 0 aliphatic carbocycles. The molecular formula is C14H21NO2. The number of hydrogen-bond donors (Lipinski definition) is 1. The predicted octanol–water partition coefficient (Wildman–Crippen LogP) is 2.64. The number of Topliss-reactive ketones (excluding diaryl/α,β-unsaturated/α-hetero) is 1. The Morgan fingerprint density at radius 3 is 2.53 bits per heavy atom. The van der Waals surface area contributed by atoms with Gasteiger partial charge >= 0.3 is 0 Å². The molecule has 3 heteroatoms. The molecule has 2 N–H and O–H groups in total. The number of rotatable bonds is 6. The maximum atomic E-state index is 12.1. The first-order valence-electron chi connectivity index (χ1n) is 6.03. The predicted molar refractivity (Wildman–Crippen MR) is 69.4 cm³/mol. The van der Waals surface area contributed by atoms with E-state index in [0.29, 0.717) is 24.3 Å². The van der Waals surface area contributed by atoms with Crippen molar-refractivity contribution in [1.82, 2.24) is 0 Å². The minimum Gasteiger partial charge on any atom is -0.490 e. The van der Waals surface area contributed by atoms with Crippen molar-refractivity contribution in [2.45, 2.75) is 33.3 Å². The number of carbonyl (C=O) groups excluding carboxylic acids is 1. The Morgan fingerprint density at radius 1 is 1.29 bits per heavy atom. The molecule has 0 aromatic heterocycles. The van der Waals surface area contributed by atoms with Crippen molar-refractivity contribution in [2.75, 3.05) is 6.54 Å². The van der Waals surface area contributed by atoms with Gasteiger partial charge in [0, 0.05) is 6.42 Å². The second kappa shape index (κ2) is 6.40.